The van der Waals surface area contributed by atoms with Gasteiger partial charge in [-0.2, -0.15) is 0 Å². The number of amides is 1. The summed E-state index contributed by atoms with van der Waals surface area (Å²) in [6.45, 7) is 3.49. The average molecular weight is 426 g/mol. The van der Waals surface area contributed by atoms with Crippen molar-refractivity contribution in [1.29, 1.82) is 0 Å². The minimum Gasteiger partial charge on any atom is -0.493 e. The van der Waals surface area contributed by atoms with Crippen LogP contribution in [0.3, 0.4) is 0 Å². The lowest BCUT2D eigenvalue weighted by Crippen LogP contribution is -2.33. The highest BCUT2D eigenvalue weighted by atomic mass is 35.5. The minimum absolute atomic E-state index is 0.0307. The first kappa shape index (κ1) is 21.9. The van der Waals surface area contributed by atoms with E-state index >= 15 is 0 Å². The monoisotopic (exact) mass is 425 g/mol. The molecule has 2 rings (SSSR count). The van der Waals surface area contributed by atoms with Crippen LogP contribution in [-0.2, 0) is 16.1 Å². The van der Waals surface area contributed by atoms with E-state index in [1.54, 1.807) is 24.3 Å². The second-order valence-corrected chi connectivity index (χ2v) is 7.03. The first-order valence-corrected chi connectivity index (χ1v) is 9.27. The van der Waals surface area contributed by atoms with Gasteiger partial charge in [-0.1, -0.05) is 29.3 Å². The molecule has 2 aromatic carbocycles. The predicted molar refractivity (Wildman–Crippen MR) is 107 cm³/mol. The van der Waals surface area contributed by atoms with Crippen LogP contribution in [0, 0.1) is 0 Å². The number of hydrogen-bond donors (Lipinski definition) is 1. The molecule has 0 spiro atoms. The van der Waals surface area contributed by atoms with E-state index in [9.17, 15) is 9.59 Å². The predicted octanol–water partition coefficient (Wildman–Crippen LogP) is 4.26. The third kappa shape index (κ3) is 6.32. The first-order chi connectivity index (χ1) is 13.3. The Balaban J connectivity index is 2.02. The maximum absolute atomic E-state index is 12.1. The highest BCUT2D eigenvalue weighted by Crippen LogP contribution is 2.30. The van der Waals surface area contributed by atoms with E-state index < -0.39 is 5.97 Å². The van der Waals surface area contributed by atoms with Gasteiger partial charge in [0.2, 0.25) is 0 Å². The zero-order valence-electron chi connectivity index (χ0n) is 15.8. The molecule has 0 fully saturated rings. The van der Waals surface area contributed by atoms with Gasteiger partial charge in [0, 0.05) is 21.7 Å². The number of carbonyl (C=O) groups is 2. The van der Waals surface area contributed by atoms with Crippen LogP contribution < -0.4 is 14.8 Å². The summed E-state index contributed by atoms with van der Waals surface area (Å²) in [6.07, 6.45) is 0. The normalized spacial score (nSPS) is 10.5. The van der Waals surface area contributed by atoms with E-state index in [4.69, 9.17) is 37.4 Å². The van der Waals surface area contributed by atoms with Gasteiger partial charge < -0.3 is 19.5 Å². The van der Waals surface area contributed by atoms with Crippen molar-refractivity contribution in [2.75, 3.05) is 13.7 Å². The van der Waals surface area contributed by atoms with Crippen molar-refractivity contribution >= 4 is 35.1 Å². The maximum atomic E-state index is 12.1. The summed E-state index contributed by atoms with van der Waals surface area (Å²) in [6, 6.07) is 9.70. The van der Waals surface area contributed by atoms with Gasteiger partial charge in [0.05, 0.1) is 12.7 Å². The third-order valence-corrected chi connectivity index (χ3v) is 4.17. The molecule has 0 aliphatic heterocycles. The molecule has 0 aliphatic rings. The highest BCUT2D eigenvalue weighted by molar-refractivity contribution is 6.35. The fourth-order valence-electron chi connectivity index (χ4n) is 2.29. The Bertz CT molecular complexity index is 854. The van der Waals surface area contributed by atoms with Gasteiger partial charge >= 0.3 is 5.97 Å². The van der Waals surface area contributed by atoms with Crippen LogP contribution >= 0.6 is 23.2 Å². The van der Waals surface area contributed by atoms with Crippen LogP contribution in [0.2, 0.25) is 10.0 Å². The Morgan fingerprint density at radius 2 is 1.82 bits per heavy atom. The molecule has 0 atom stereocenters. The molecule has 0 aliphatic carbocycles. The number of ether oxygens (including phenoxy) is 3. The Labute approximate surface area is 173 Å². The fraction of sp³-hybridized carbons (Fsp3) is 0.300. The van der Waals surface area contributed by atoms with E-state index in [0.29, 0.717) is 21.5 Å². The molecule has 1 amide bonds. The molecule has 0 aromatic heterocycles. The van der Waals surface area contributed by atoms with Gasteiger partial charge in [-0.3, -0.25) is 4.79 Å². The minimum atomic E-state index is -0.635. The lowest BCUT2D eigenvalue weighted by molar-refractivity contribution is -0.124. The van der Waals surface area contributed by atoms with Crippen LogP contribution in [0.5, 0.6) is 11.5 Å². The first-order valence-electron chi connectivity index (χ1n) is 8.51. The molecule has 0 saturated heterocycles. The second kappa shape index (κ2) is 10.2. The Hall–Kier alpha value is -2.44. The topological polar surface area (TPSA) is 73.9 Å². The third-order valence-electron chi connectivity index (χ3n) is 3.58. The van der Waals surface area contributed by atoms with Gasteiger partial charge in [0.15, 0.2) is 18.1 Å². The standard InChI is InChI=1S/C20H21Cl2NO5/c1-12(2)23-19(24)11-28-20(25)13-5-7-17(18(8-13)26-3)27-10-14-4-6-15(21)9-16(14)22/h4-9,12H,10-11H2,1-3H3,(H,23,24). The van der Waals surface area contributed by atoms with E-state index in [0.717, 1.165) is 5.56 Å². The van der Waals surface area contributed by atoms with Crippen molar-refractivity contribution in [2.45, 2.75) is 26.5 Å². The van der Waals surface area contributed by atoms with Gasteiger partial charge in [-0.25, -0.2) is 4.79 Å². The summed E-state index contributed by atoms with van der Waals surface area (Å²) >= 11 is 12.0. The molecule has 6 nitrogen and oxygen atoms in total. The molecular formula is C20H21Cl2NO5. The van der Waals surface area contributed by atoms with E-state index in [-0.39, 0.29) is 30.7 Å². The number of esters is 1. The molecule has 150 valence electrons. The molecule has 0 heterocycles. The van der Waals surface area contributed by atoms with Crippen molar-refractivity contribution < 1.29 is 23.8 Å². The van der Waals surface area contributed by atoms with Crippen molar-refractivity contribution in [2.24, 2.45) is 0 Å². The summed E-state index contributed by atoms with van der Waals surface area (Å²) < 4.78 is 16.0. The largest absolute Gasteiger partial charge is 0.493 e. The lowest BCUT2D eigenvalue weighted by Gasteiger charge is -2.13. The summed E-state index contributed by atoms with van der Waals surface area (Å²) in [5, 5.41) is 3.67. The molecule has 28 heavy (non-hydrogen) atoms. The molecule has 1 N–H and O–H groups in total. The molecular weight excluding hydrogens is 405 g/mol. The van der Waals surface area contributed by atoms with Crippen LogP contribution in [0.15, 0.2) is 36.4 Å². The van der Waals surface area contributed by atoms with E-state index in [2.05, 4.69) is 5.32 Å². The van der Waals surface area contributed by atoms with Crippen molar-refractivity contribution in [3.8, 4) is 11.5 Å². The van der Waals surface area contributed by atoms with Gasteiger partial charge in [-0.15, -0.1) is 0 Å². The summed E-state index contributed by atoms with van der Waals surface area (Å²) in [7, 11) is 1.46. The number of hydrogen-bond acceptors (Lipinski definition) is 5. The molecule has 0 unspecified atom stereocenters. The van der Waals surface area contributed by atoms with Crippen molar-refractivity contribution in [1.82, 2.24) is 5.32 Å². The quantitative estimate of drug-likeness (QED) is 0.639. The molecule has 0 radical (unpaired) electrons. The molecule has 0 saturated carbocycles. The van der Waals surface area contributed by atoms with Gasteiger partial charge in [0.1, 0.15) is 6.61 Å². The number of halogens is 2. The number of methoxy groups -OCH3 is 1. The van der Waals surface area contributed by atoms with Crippen LogP contribution in [0.25, 0.3) is 0 Å². The summed E-state index contributed by atoms with van der Waals surface area (Å²) in [5.41, 5.74) is 0.999. The fourth-order valence-corrected chi connectivity index (χ4v) is 2.75. The van der Waals surface area contributed by atoms with E-state index in [1.807, 2.05) is 13.8 Å². The average Bonchev–Trinajstić information content (AvgIpc) is 2.64. The number of carbonyl (C=O) groups excluding carboxylic acids is 2. The van der Waals surface area contributed by atoms with Gasteiger partial charge in [0.25, 0.3) is 5.91 Å². The van der Waals surface area contributed by atoms with Crippen molar-refractivity contribution in [3.63, 3.8) is 0 Å². The molecule has 0 bridgehead atoms. The number of benzene rings is 2. The SMILES string of the molecule is COc1cc(C(=O)OCC(=O)NC(C)C)ccc1OCc1ccc(Cl)cc1Cl. The summed E-state index contributed by atoms with van der Waals surface area (Å²) in [4.78, 5) is 23.7. The van der Waals surface area contributed by atoms with Crippen LogP contribution in [0.1, 0.15) is 29.8 Å². The highest BCUT2D eigenvalue weighted by Gasteiger charge is 2.15. The lowest BCUT2D eigenvalue weighted by atomic mass is 10.2. The molecule has 8 heteroatoms. The Kier molecular flexibility index (Phi) is 7.96. The maximum Gasteiger partial charge on any atom is 0.338 e. The zero-order chi connectivity index (χ0) is 20.7. The summed E-state index contributed by atoms with van der Waals surface area (Å²) in [5.74, 6) is -0.214. The Morgan fingerprint density at radius 1 is 1.07 bits per heavy atom. The van der Waals surface area contributed by atoms with E-state index in [1.165, 1.54) is 19.2 Å². The number of nitrogens with one attached hydrogen (secondary N) is 1. The smallest absolute Gasteiger partial charge is 0.338 e. The molecule has 2 aromatic rings. The Morgan fingerprint density at radius 3 is 2.46 bits per heavy atom. The zero-order valence-corrected chi connectivity index (χ0v) is 17.3. The van der Waals surface area contributed by atoms with Crippen LogP contribution in [0.4, 0.5) is 0 Å². The van der Waals surface area contributed by atoms with Crippen LogP contribution in [-0.4, -0.2) is 31.6 Å². The van der Waals surface area contributed by atoms with Gasteiger partial charge in [-0.05, 0) is 44.2 Å². The second-order valence-electron chi connectivity index (χ2n) is 6.19. The van der Waals surface area contributed by atoms with Crippen molar-refractivity contribution in [3.05, 3.63) is 57.6 Å². The number of rotatable bonds is 8.